The summed E-state index contributed by atoms with van der Waals surface area (Å²) < 4.78 is 4.28. The minimum absolute atomic E-state index is 0.203. The van der Waals surface area contributed by atoms with E-state index in [0.717, 1.165) is 19.6 Å². The molecular weight excluding hydrogens is 238 g/mol. The van der Waals surface area contributed by atoms with Crippen LogP contribution in [0.15, 0.2) is 31.0 Å². The molecule has 0 radical (unpaired) electrons. The lowest BCUT2D eigenvalue weighted by Crippen LogP contribution is -2.29. The Morgan fingerprint density at radius 2 is 2.42 bits per heavy atom. The highest BCUT2D eigenvalue weighted by molar-refractivity contribution is 5.18. The van der Waals surface area contributed by atoms with E-state index in [9.17, 15) is 0 Å². The van der Waals surface area contributed by atoms with Crippen molar-refractivity contribution in [3.05, 3.63) is 36.7 Å². The number of rotatable bonds is 4. The van der Waals surface area contributed by atoms with E-state index in [1.54, 1.807) is 0 Å². The Labute approximate surface area is 113 Å². The molecule has 2 unspecified atom stereocenters. The quantitative estimate of drug-likeness (QED) is 0.907. The van der Waals surface area contributed by atoms with E-state index < -0.39 is 0 Å². The van der Waals surface area contributed by atoms with E-state index in [4.69, 9.17) is 0 Å². The van der Waals surface area contributed by atoms with Gasteiger partial charge >= 0.3 is 0 Å². The molecule has 5 nitrogen and oxygen atoms in total. The molecule has 1 N–H and O–H groups in total. The molecule has 2 aromatic rings. The Morgan fingerprint density at radius 1 is 1.53 bits per heavy atom. The molecule has 1 saturated heterocycles. The summed E-state index contributed by atoms with van der Waals surface area (Å²) in [5.74, 6) is 0. The Bertz CT molecular complexity index is 522. The van der Waals surface area contributed by atoms with Crippen LogP contribution in [-0.2, 0) is 12.0 Å². The molecular formula is C14H21N5. The summed E-state index contributed by atoms with van der Waals surface area (Å²) in [5, 5.41) is 7.74. The summed E-state index contributed by atoms with van der Waals surface area (Å²) in [6.45, 7) is 7.54. The molecule has 0 bridgehead atoms. The third-order valence-corrected chi connectivity index (χ3v) is 4.14. The van der Waals surface area contributed by atoms with Crippen molar-refractivity contribution in [1.29, 1.82) is 0 Å². The lowest BCUT2D eigenvalue weighted by atomic mass is 9.86. The van der Waals surface area contributed by atoms with Crippen LogP contribution in [0.1, 0.15) is 32.0 Å². The fraction of sp³-hybridized carbons (Fsp3) is 0.571. The van der Waals surface area contributed by atoms with E-state index in [1.165, 1.54) is 12.1 Å². The maximum absolute atomic E-state index is 4.37. The number of aromatic nitrogens is 4. The highest BCUT2D eigenvalue weighted by Crippen LogP contribution is 2.31. The summed E-state index contributed by atoms with van der Waals surface area (Å²) in [6.07, 6.45) is 8.97. The average Bonchev–Trinajstić information content (AvgIpc) is 3.08. The zero-order chi connectivity index (χ0) is 13.3. The van der Waals surface area contributed by atoms with E-state index in [2.05, 4.69) is 33.8 Å². The zero-order valence-electron chi connectivity index (χ0n) is 11.6. The monoisotopic (exact) mass is 259 g/mol. The van der Waals surface area contributed by atoms with E-state index in [0.29, 0.717) is 6.04 Å². The van der Waals surface area contributed by atoms with Crippen molar-refractivity contribution in [2.45, 2.75) is 38.3 Å². The van der Waals surface area contributed by atoms with Gasteiger partial charge in [0.15, 0.2) is 0 Å². The average molecular weight is 259 g/mol. The first kappa shape index (κ1) is 12.4. The lowest BCUT2D eigenvalue weighted by Gasteiger charge is -2.27. The highest BCUT2D eigenvalue weighted by atomic mass is 15.3. The van der Waals surface area contributed by atoms with Crippen LogP contribution < -0.4 is 5.32 Å². The number of nitrogens with one attached hydrogen (secondary N) is 1. The van der Waals surface area contributed by atoms with Crippen LogP contribution in [0.4, 0.5) is 0 Å². The van der Waals surface area contributed by atoms with Crippen LogP contribution in [0, 0.1) is 0 Å². The van der Waals surface area contributed by atoms with Crippen LogP contribution in [0.5, 0.6) is 0 Å². The lowest BCUT2D eigenvalue weighted by molar-refractivity contribution is 0.391. The van der Waals surface area contributed by atoms with Gasteiger partial charge in [0.05, 0.1) is 18.9 Å². The van der Waals surface area contributed by atoms with Gasteiger partial charge in [-0.1, -0.05) is 6.92 Å². The molecule has 0 saturated carbocycles. The van der Waals surface area contributed by atoms with Crippen molar-refractivity contribution in [2.75, 3.05) is 13.1 Å². The fourth-order valence-electron chi connectivity index (χ4n) is 2.93. The first-order valence-corrected chi connectivity index (χ1v) is 6.89. The minimum Gasteiger partial charge on any atom is -0.329 e. The van der Waals surface area contributed by atoms with Crippen molar-refractivity contribution in [1.82, 2.24) is 24.6 Å². The van der Waals surface area contributed by atoms with E-state index in [-0.39, 0.29) is 5.41 Å². The first-order valence-electron chi connectivity index (χ1n) is 6.89. The molecule has 2 aromatic heterocycles. The molecule has 1 aliphatic rings. The molecule has 1 aliphatic heterocycles. The first-order chi connectivity index (χ1) is 9.19. The van der Waals surface area contributed by atoms with Gasteiger partial charge in [-0.3, -0.25) is 4.68 Å². The van der Waals surface area contributed by atoms with Crippen LogP contribution >= 0.6 is 0 Å². The molecule has 3 heterocycles. The SMILES string of the molecule is CC(Cn1cccn1)n1cncc1C1(C)CCNC1. The zero-order valence-corrected chi connectivity index (χ0v) is 11.6. The normalized spacial score (nSPS) is 24.7. The smallest absolute Gasteiger partial charge is 0.0951 e. The summed E-state index contributed by atoms with van der Waals surface area (Å²) in [7, 11) is 0. The van der Waals surface area contributed by atoms with Crippen molar-refractivity contribution in [3.63, 3.8) is 0 Å². The Hall–Kier alpha value is -1.62. The molecule has 102 valence electrons. The molecule has 0 spiro atoms. The van der Waals surface area contributed by atoms with Crippen molar-refractivity contribution >= 4 is 0 Å². The van der Waals surface area contributed by atoms with Gasteiger partial charge in [0.1, 0.15) is 0 Å². The van der Waals surface area contributed by atoms with E-state index >= 15 is 0 Å². The second-order valence-corrected chi connectivity index (χ2v) is 5.75. The number of hydrogen-bond donors (Lipinski definition) is 1. The second-order valence-electron chi connectivity index (χ2n) is 5.75. The fourth-order valence-corrected chi connectivity index (χ4v) is 2.93. The highest BCUT2D eigenvalue weighted by Gasteiger charge is 2.34. The molecule has 1 fully saturated rings. The van der Waals surface area contributed by atoms with Gasteiger partial charge in [0, 0.05) is 36.2 Å². The Morgan fingerprint density at radius 3 is 3.11 bits per heavy atom. The molecule has 0 aliphatic carbocycles. The Balaban J connectivity index is 1.83. The number of hydrogen-bond acceptors (Lipinski definition) is 3. The third-order valence-electron chi connectivity index (χ3n) is 4.14. The summed E-state index contributed by atoms with van der Waals surface area (Å²) in [5.41, 5.74) is 1.53. The van der Waals surface area contributed by atoms with Gasteiger partial charge in [0.25, 0.3) is 0 Å². The summed E-state index contributed by atoms with van der Waals surface area (Å²) >= 11 is 0. The van der Waals surface area contributed by atoms with Crippen LogP contribution in [-0.4, -0.2) is 32.4 Å². The van der Waals surface area contributed by atoms with Crippen LogP contribution in [0.2, 0.25) is 0 Å². The van der Waals surface area contributed by atoms with E-state index in [1.807, 2.05) is 35.7 Å². The van der Waals surface area contributed by atoms with Gasteiger partial charge in [-0.2, -0.15) is 5.10 Å². The molecule has 5 heteroatoms. The molecule has 2 atom stereocenters. The van der Waals surface area contributed by atoms with Crippen LogP contribution in [0.25, 0.3) is 0 Å². The minimum atomic E-state index is 0.203. The molecule has 0 aromatic carbocycles. The summed E-state index contributed by atoms with van der Waals surface area (Å²) in [4.78, 5) is 4.37. The van der Waals surface area contributed by atoms with Crippen molar-refractivity contribution in [2.24, 2.45) is 0 Å². The van der Waals surface area contributed by atoms with Crippen LogP contribution in [0.3, 0.4) is 0 Å². The van der Waals surface area contributed by atoms with Gasteiger partial charge in [-0.15, -0.1) is 0 Å². The predicted octanol–water partition coefficient (Wildman–Crippen LogP) is 1.59. The standard InChI is InChI=1S/C14H21N5/c1-12(9-18-7-3-5-17-18)19-11-16-8-13(19)14(2)4-6-15-10-14/h3,5,7-8,11-12,15H,4,6,9-10H2,1-2H3. The molecule has 3 rings (SSSR count). The molecule has 0 amide bonds. The van der Waals surface area contributed by atoms with Crippen molar-refractivity contribution in [3.8, 4) is 0 Å². The summed E-state index contributed by atoms with van der Waals surface area (Å²) in [6, 6.07) is 2.32. The predicted molar refractivity (Wildman–Crippen MR) is 74.0 cm³/mol. The van der Waals surface area contributed by atoms with Gasteiger partial charge in [-0.25, -0.2) is 4.98 Å². The van der Waals surface area contributed by atoms with Gasteiger partial charge in [-0.05, 0) is 26.0 Å². The second kappa shape index (κ2) is 4.81. The third kappa shape index (κ3) is 2.30. The maximum atomic E-state index is 4.37. The number of nitrogens with zero attached hydrogens (tertiary/aromatic N) is 4. The van der Waals surface area contributed by atoms with Gasteiger partial charge in [0.2, 0.25) is 0 Å². The Kier molecular flexibility index (Phi) is 3.14. The maximum Gasteiger partial charge on any atom is 0.0951 e. The topological polar surface area (TPSA) is 47.7 Å². The van der Waals surface area contributed by atoms with Crippen molar-refractivity contribution < 1.29 is 0 Å². The molecule has 19 heavy (non-hydrogen) atoms. The number of imidazole rings is 1. The van der Waals surface area contributed by atoms with Gasteiger partial charge < -0.3 is 9.88 Å². The largest absolute Gasteiger partial charge is 0.329 e.